The fourth-order valence-electron chi connectivity index (χ4n) is 1.64. The summed E-state index contributed by atoms with van der Waals surface area (Å²) in [5.41, 5.74) is 1.95. The lowest BCUT2D eigenvalue weighted by Crippen LogP contribution is -2.05. The summed E-state index contributed by atoms with van der Waals surface area (Å²) in [5.74, 6) is 1.32. The number of rotatable bonds is 6. The van der Waals surface area contributed by atoms with Crippen molar-refractivity contribution in [3.63, 3.8) is 0 Å². The average molecular weight is 275 g/mol. The number of aliphatic hydroxyl groups excluding tert-OH is 1. The van der Waals surface area contributed by atoms with Gasteiger partial charge in [0, 0.05) is 6.54 Å². The van der Waals surface area contributed by atoms with Gasteiger partial charge in [0.2, 0.25) is 17.7 Å². The molecule has 1 aromatic carbocycles. The van der Waals surface area contributed by atoms with E-state index in [2.05, 4.69) is 15.3 Å². The minimum Gasteiger partial charge on any atom is -0.481 e. The quantitative estimate of drug-likeness (QED) is 0.834. The summed E-state index contributed by atoms with van der Waals surface area (Å²) in [6.07, 6.45) is 0. The van der Waals surface area contributed by atoms with Crippen molar-refractivity contribution in [1.29, 1.82) is 0 Å². The molecule has 0 bridgehead atoms. The van der Waals surface area contributed by atoms with E-state index in [1.807, 2.05) is 24.3 Å². The monoisotopic (exact) mass is 275 g/mol. The number of hydrogen-bond donors (Lipinski definition) is 2. The van der Waals surface area contributed by atoms with Crippen LogP contribution in [0.1, 0.15) is 11.1 Å². The highest BCUT2D eigenvalue weighted by atomic mass is 16.5. The summed E-state index contributed by atoms with van der Waals surface area (Å²) in [4.78, 5) is 8.37. The fourth-order valence-corrected chi connectivity index (χ4v) is 1.64. The molecule has 0 atom stereocenters. The molecule has 106 valence electrons. The number of anilines is 1. The Balaban J connectivity index is 2.05. The van der Waals surface area contributed by atoms with Crippen LogP contribution in [0.3, 0.4) is 0 Å². The van der Waals surface area contributed by atoms with Crippen molar-refractivity contribution < 1.29 is 14.6 Å². The number of methoxy groups -OCH3 is 2. The Kier molecular flexibility index (Phi) is 4.73. The SMILES string of the molecule is COc1cc(OC)nc(NCc2ccc(CO)cc2)n1. The van der Waals surface area contributed by atoms with Crippen LogP contribution in [0.5, 0.6) is 11.8 Å². The van der Waals surface area contributed by atoms with Gasteiger partial charge in [-0.2, -0.15) is 9.97 Å². The van der Waals surface area contributed by atoms with Crippen LogP contribution in [-0.2, 0) is 13.2 Å². The molecule has 0 unspecified atom stereocenters. The van der Waals surface area contributed by atoms with Gasteiger partial charge in [0.05, 0.1) is 26.9 Å². The van der Waals surface area contributed by atoms with E-state index in [0.717, 1.165) is 11.1 Å². The molecule has 6 nitrogen and oxygen atoms in total. The molecule has 0 aliphatic heterocycles. The lowest BCUT2D eigenvalue weighted by molar-refractivity contribution is 0.282. The number of ether oxygens (including phenoxy) is 2. The zero-order valence-electron chi connectivity index (χ0n) is 11.5. The van der Waals surface area contributed by atoms with Crippen molar-refractivity contribution in [2.75, 3.05) is 19.5 Å². The molecule has 0 saturated carbocycles. The van der Waals surface area contributed by atoms with Crippen molar-refractivity contribution in [3.05, 3.63) is 41.5 Å². The molecule has 1 aromatic heterocycles. The van der Waals surface area contributed by atoms with E-state index >= 15 is 0 Å². The van der Waals surface area contributed by atoms with Crippen LogP contribution in [0.25, 0.3) is 0 Å². The Labute approximate surface area is 117 Å². The third-order valence-electron chi connectivity index (χ3n) is 2.75. The summed E-state index contributed by atoms with van der Waals surface area (Å²) >= 11 is 0. The van der Waals surface area contributed by atoms with Crippen LogP contribution in [0, 0.1) is 0 Å². The van der Waals surface area contributed by atoms with Crippen LogP contribution in [0.4, 0.5) is 5.95 Å². The maximum Gasteiger partial charge on any atom is 0.229 e. The van der Waals surface area contributed by atoms with E-state index in [1.165, 1.54) is 0 Å². The van der Waals surface area contributed by atoms with Gasteiger partial charge in [-0.05, 0) is 11.1 Å². The Morgan fingerprint density at radius 3 is 2.05 bits per heavy atom. The predicted octanol–water partition coefficient (Wildman–Crippen LogP) is 1.60. The van der Waals surface area contributed by atoms with Crippen LogP contribution >= 0.6 is 0 Å². The van der Waals surface area contributed by atoms with Gasteiger partial charge in [-0.15, -0.1) is 0 Å². The normalized spacial score (nSPS) is 10.2. The Bertz CT molecular complexity index is 536. The van der Waals surface area contributed by atoms with E-state index in [1.54, 1.807) is 20.3 Å². The first-order valence-electron chi connectivity index (χ1n) is 6.14. The second-order valence-electron chi connectivity index (χ2n) is 4.10. The lowest BCUT2D eigenvalue weighted by atomic mass is 10.1. The molecule has 0 saturated heterocycles. The number of benzene rings is 1. The largest absolute Gasteiger partial charge is 0.481 e. The average Bonchev–Trinajstić information content (AvgIpc) is 2.53. The standard InChI is InChI=1S/C14H17N3O3/c1-19-12-7-13(20-2)17-14(16-12)15-8-10-3-5-11(9-18)6-4-10/h3-7,18H,8-9H2,1-2H3,(H,15,16,17). The van der Waals surface area contributed by atoms with E-state index in [0.29, 0.717) is 24.3 Å². The van der Waals surface area contributed by atoms with Gasteiger partial charge in [0.15, 0.2) is 0 Å². The zero-order valence-corrected chi connectivity index (χ0v) is 11.5. The molecule has 1 heterocycles. The van der Waals surface area contributed by atoms with Gasteiger partial charge in [-0.1, -0.05) is 24.3 Å². The smallest absolute Gasteiger partial charge is 0.229 e. The first kappa shape index (κ1) is 14.1. The van der Waals surface area contributed by atoms with Crippen LogP contribution in [0.15, 0.2) is 30.3 Å². The Hall–Kier alpha value is -2.34. The summed E-state index contributed by atoms with van der Waals surface area (Å²) in [5, 5.41) is 12.1. The van der Waals surface area contributed by atoms with Crippen molar-refractivity contribution in [3.8, 4) is 11.8 Å². The molecule has 2 rings (SSSR count). The second-order valence-corrected chi connectivity index (χ2v) is 4.10. The molecule has 2 N–H and O–H groups in total. The van der Waals surface area contributed by atoms with E-state index in [4.69, 9.17) is 14.6 Å². The number of aliphatic hydroxyl groups is 1. The van der Waals surface area contributed by atoms with Gasteiger partial charge >= 0.3 is 0 Å². The van der Waals surface area contributed by atoms with Gasteiger partial charge in [0.1, 0.15) is 0 Å². The van der Waals surface area contributed by atoms with E-state index in [-0.39, 0.29) is 6.61 Å². The van der Waals surface area contributed by atoms with Crippen LogP contribution in [0.2, 0.25) is 0 Å². The van der Waals surface area contributed by atoms with Crippen LogP contribution < -0.4 is 14.8 Å². The van der Waals surface area contributed by atoms with Crippen molar-refractivity contribution in [2.24, 2.45) is 0 Å². The van der Waals surface area contributed by atoms with Gasteiger partial charge in [-0.3, -0.25) is 0 Å². The topological polar surface area (TPSA) is 76.5 Å². The van der Waals surface area contributed by atoms with Crippen molar-refractivity contribution in [2.45, 2.75) is 13.2 Å². The minimum absolute atomic E-state index is 0.0455. The van der Waals surface area contributed by atoms with Crippen molar-refractivity contribution >= 4 is 5.95 Å². The third kappa shape index (κ3) is 3.58. The van der Waals surface area contributed by atoms with Gasteiger partial charge < -0.3 is 19.9 Å². The number of nitrogens with zero attached hydrogens (tertiary/aromatic N) is 2. The Morgan fingerprint density at radius 1 is 1.00 bits per heavy atom. The highest BCUT2D eigenvalue weighted by Crippen LogP contribution is 2.17. The molecule has 0 amide bonds. The molecule has 0 radical (unpaired) electrons. The summed E-state index contributed by atoms with van der Waals surface area (Å²) in [6, 6.07) is 9.25. The molecule has 2 aromatic rings. The predicted molar refractivity (Wildman–Crippen MR) is 74.8 cm³/mol. The summed E-state index contributed by atoms with van der Waals surface area (Å²) < 4.78 is 10.2. The molecule has 0 aliphatic carbocycles. The molecule has 0 fully saturated rings. The fraction of sp³-hybridized carbons (Fsp3) is 0.286. The highest BCUT2D eigenvalue weighted by molar-refractivity contribution is 5.35. The molecular weight excluding hydrogens is 258 g/mol. The molecule has 0 spiro atoms. The highest BCUT2D eigenvalue weighted by Gasteiger charge is 2.05. The maximum absolute atomic E-state index is 8.99. The van der Waals surface area contributed by atoms with Gasteiger partial charge in [0.25, 0.3) is 0 Å². The van der Waals surface area contributed by atoms with Gasteiger partial charge in [-0.25, -0.2) is 0 Å². The number of aromatic nitrogens is 2. The number of hydrogen-bond acceptors (Lipinski definition) is 6. The molecule has 6 heteroatoms. The zero-order chi connectivity index (χ0) is 14.4. The molecule has 0 aliphatic rings. The summed E-state index contributed by atoms with van der Waals surface area (Å²) in [6.45, 7) is 0.617. The Morgan fingerprint density at radius 2 is 1.55 bits per heavy atom. The lowest BCUT2D eigenvalue weighted by Gasteiger charge is -2.08. The first-order chi connectivity index (χ1) is 9.75. The van der Waals surface area contributed by atoms with Crippen molar-refractivity contribution in [1.82, 2.24) is 9.97 Å². The van der Waals surface area contributed by atoms with E-state index < -0.39 is 0 Å². The van der Waals surface area contributed by atoms with Crippen LogP contribution in [-0.4, -0.2) is 29.3 Å². The first-order valence-corrected chi connectivity index (χ1v) is 6.14. The third-order valence-corrected chi connectivity index (χ3v) is 2.75. The maximum atomic E-state index is 8.99. The minimum atomic E-state index is 0.0455. The summed E-state index contributed by atoms with van der Waals surface area (Å²) in [7, 11) is 3.08. The van der Waals surface area contributed by atoms with E-state index in [9.17, 15) is 0 Å². The molecular formula is C14H17N3O3. The second kappa shape index (κ2) is 6.72. The number of nitrogens with one attached hydrogen (secondary N) is 1. The molecule has 20 heavy (non-hydrogen) atoms.